The molecule has 3 aliphatic heterocycles. The Morgan fingerprint density at radius 1 is 0.841 bits per heavy atom. The Balaban J connectivity index is 1.18. The molecule has 222 valence electrons. The molecule has 0 radical (unpaired) electrons. The maximum atomic E-state index is 14.1. The number of hydrazone groups is 1. The minimum absolute atomic E-state index is 0.0479. The number of imide groups is 1. The van der Waals surface area contributed by atoms with Gasteiger partial charge in [0.25, 0.3) is 17.7 Å². The van der Waals surface area contributed by atoms with Crippen molar-refractivity contribution in [2.75, 3.05) is 11.4 Å². The molecule has 9 nitrogen and oxygen atoms in total. The summed E-state index contributed by atoms with van der Waals surface area (Å²) in [5.41, 5.74) is 8.06. The van der Waals surface area contributed by atoms with E-state index in [-0.39, 0.29) is 24.4 Å². The number of hydrogen-bond acceptors (Lipinski definition) is 7. The van der Waals surface area contributed by atoms with Crippen LogP contribution < -0.4 is 4.90 Å². The average Bonchev–Trinajstić information content (AvgIpc) is 3.69. The van der Waals surface area contributed by atoms with Crippen LogP contribution in [-0.4, -0.2) is 52.1 Å². The van der Waals surface area contributed by atoms with Gasteiger partial charge in [0, 0.05) is 5.92 Å². The molecule has 0 spiro atoms. The van der Waals surface area contributed by atoms with Gasteiger partial charge in [-0.05, 0) is 74.9 Å². The summed E-state index contributed by atoms with van der Waals surface area (Å²) in [5.74, 6) is -1.10. The highest BCUT2D eigenvalue weighted by atomic mass is 16.2. The van der Waals surface area contributed by atoms with Crippen LogP contribution in [0.25, 0.3) is 6.08 Å². The molecule has 3 aromatic carbocycles. The van der Waals surface area contributed by atoms with Crippen molar-refractivity contribution in [3.05, 3.63) is 106 Å². The zero-order valence-corrected chi connectivity index (χ0v) is 25.1. The number of hydrogen-bond donors (Lipinski definition) is 0. The predicted octanol–water partition coefficient (Wildman–Crippen LogP) is 5.73. The van der Waals surface area contributed by atoms with Crippen LogP contribution in [0, 0.1) is 26.7 Å². The lowest BCUT2D eigenvalue weighted by Gasteiger charge is -2.30. The minimum Gasteiger partial charge on any atom is -0.271 e. The fraction of sp³-hybridized carbons (Fsp3) is 0.314. The van der Waals surface area contributed by atoms with Crippen LogP contribution in [-0.2, 0) is 14.4 Å². The fourth-order valence-corrected chi connectivity index (χ4v) is 6.68. The molecule has 1 saturated carbocycles. The standard InChI is InChI=1S/C35H34N6O3/c1-21-7-13-24(14-8-21)19-26-5-4-6-28-30(26)37-41(32(28)25-15-9-22(2)10-16-25)29(42)20-39-33-31(36-38-39)34(43)40(35(33)44)27-17-11-23(3)12-18-27/h7-19,28,31-33H,4-6,20H2,1-3H3/b26-19-/t28-,31+,32-,33+/m1/s1. The first-order valence-electron chi connectivity index (χ1n) is 15.1. The Bertz CT molecular complexity index is 1730. The summed E-state index contributed by atoms with van der Waals surface area (Å²) >= 11 is 0. The maximum absolute atomic E-state index is 14.1. The summed E-state index contributed by atoms with van der Waals surface area (Å²) in [6.07, 6.45) is 4.99. The van der Waals surface area contributed by atoms with Gasteiger partial charge in [-0.25, -0.2) is 9.91 Å². The largest absolute Gasteiger partial charge is 0.271 e. The zero-order chi connectivity index (χ0) is 30.5. The molecule has 2 fully saturated rings. The van der Waals surface area contributed by atoms with E-state index in [1.807, 2.05) is 26.0 Å². The van der Waals surface area contributed by atoms with E-state index in [9.17, 15) is 14.4 Å². The Labute approximate surface area is 256 Å². The number of aryl methyl sites for hydroxylation is 3. The smallest absolute Gasteiger partial charge is 0.264 e. The molecule has 3 aromatic rings. The molecule has 3 amide bonds. The number of nitrogens with zero attached hydrogens (tertiary/aromatic N) is 6. The molecule has 0 N–H and O–H groups in total. The SMILES string of the molecule is Cc1ccc(/C=C2/CCC[C@@H]3C2=NN(C(=O)CN2N=N[C@@H]4C(=O)N(c5ccc(C)cc5)C(=O)[C@H]42)[C@@H]3c2ccc(C)cc2)cc1. The third-order valence-electron chi connectivity index (χ3n) is 9.04. The molecule has 4 aliphatic rings. The topological polar surface area (TPSA) is 98.0 Å². The molecule has 0 aromatic heterocycles. The van der Waals surface area contributed by atoms with Crippen molar-refractivity contribution >= 4 is 35.2 Å². The van der Waals surface area contributed by atoms with Gasteiger partial charge in [-0.15, -0.1) is 0 Å². The third kappa shape index (κ3) is 4.82. The first-order chi connectivity index (χ1) is 21.3. The third-order valence-corrected chi connectivity index (χ3v) is 9.04. The van der Waals surface area contributed by atoms with Crippen LogP contribution in [0.2, 0.25) is 0 Å². The van der Waals surface area contributed by atoms with Gasteiger partial charge in [-0.3, -0.25) is 19.4 Å². The minimum atomic E-state index is -0.971. The molecular formula is C35H34N6O3. The number of benzene rings is 3. The van der Waals surface area contributed by atoms with Gasteiger partial charge in [0.2, 0.25) is 0 Å². The normalized spacial score (nSPS) is 25.1. The van der Waals surface area contributed by atoms with E-state index in [4.69, 9.17) is 5.10 Å². The van der Waals surface area contributed by atoms with Crippen LogP contribution in [0.1, 0.15) is 53.1 Å². The second-order valence-electron chi connectivity index (χ2n) is 12.2. The Morgan fingerprint density at radius 3 is 2.16 bits per heavy atom. The second kappa shape index (κ2) is 11.0. The molecule has 3 heterocycles. The van der Waals surface area contributed by atoms with Crippen LogP contribution in [0.5, 0.6) is 0 Å². The van der Waals surface area contributed by atoms with Gasteiger partial charge >= 0.3 is 0 Å². The van der Waals surface area contributed by atoms with Gasteiger partial charge in [0.15, 0.2) is 12.1 Å². The number of carbonyl (C=O) groups is 3. The van der Waals surface area contributed by atoms with Crippen molar-refractivity contribution in [3.8, 4) is 0 Å². The van der Waals surface area contributed by atoms with Gasteiger partial charge in [0.05, 0.1) is 17.4 Å². The highest BCUT2D eigenvalue weighted by Crippen LogP contribution is 2.45. The summed E-state index contributed by atoms with van der Waals surface area (Å²) in [5, 5.41) is 16.2. The van der Waals surface area contributed by atoms with Gasteiger partial charge in [0.1, 0.15) is 6.54 Å². The number of carbonyl (C=O) groups excluding carboxylic acids is 3. The number of anilines is 1. The lowest BCUT2D eigenvalue weighted by atomic mass is 9.77. The summed E-state index contributed by atoms with van der Waals surface area (Å²) in [6, 6.07) is 21.7. The maximum Gasteiger partial charge on any atom is 0.264 e. The highest BCUT2D eigenvalue weighted by molar-refractivity contribution is 6.25. The van der Waals surface area contributed by atoms with Gasteiger partial charge in [-0.2, -0.15) is 10.2 Å². The fourth-order valence-electron chi connectivity index (χ4n) is 6.68. The quantitative estimate of drug-likeness (QED) is 0.357. The van der Waals surface area contributed by atoms with E-state index in [0.717, 1.165) is 57.7 Å². The van der Waals surface area contributed by atoms with Crippen molar-refractivity contribution in [3.63, 3.8) is 0 Å². The Kier molecular flexibility index (Phi) is 6.95. The van der Waals surface area contributed by atoms with E-state index < -0.39 is 23.9 Å². The molecule has 44 heavy (non-hydrogen) atoms. The van der Waals surface area contributed by atoms with Gasteiger partial charge in [-0.1, -0.05) is 82.6 Å². The number of allylic oxidation sites excluding steroid dienone is 1. The van der Waals surface area contributed by atoms with Crippen molar-refractivity contribution in [2.45, 2.75) is 58.2 Å². The molecule has 7 rings (SSSR count). The van der Waals surface area contributed by atoms with Crippen molar-refractivity contribution < 1.29 is 14.4 Å². The van der Waals surface area contributed by atoms with Crippen molar-refractivity contribution in [2.24, 2.45) is 21.4 Å². The molecule has 0 bridgehead atoms. The molecular weight excluding hydrogens is 552 g/mol. The predicted molar refractivity (Wildman–Crippen MR) is 168 cm³/mol. The highest BCUT2D eigenvalue weighted by Gasteiger charge is 2.55. The second-order valence-corrected chi connectivity index (χ2v) is 12.2. The summed E-state index contributed by atoms with van der Waals surface area (Å²) in [6.45, 7) is 5.84. The lowest BCUT2D eigenvalue weighted by Crippen LogP contribution is -2.45. The van der Waals surface area contributed by atoms with Crippen molar-refractivity contribution in [1.82, 2.24) is 10.0 Å². The number of fused-ring (bicyclic) bond motifs is 2. The number of rotatable bonds is 5. The Hall–Kier alpha value is -4.92. The molecule has 0 unspecified atom stereocenters. The van der Waals surface area contributed by atoms with Crippen LogP contribution >= 0.6 is 0 Å². The molecule has 4 atom stereocenters. The summed E-state index contributed by atoms with van der Waals surface area (Å²) in [4.78, 5) is 42.0. The summed E-state index contributed by atoms with van der Waals surface area (Å²) < 4.78 is 0. The van der Waals surface area contributed by atoms with E-state index in [1.54, 1.807) is 17.1 Å². The van der Waals surface area contributed by atoms with Crippen LogP contribution in [0.3, 0.4) is 0 Å². The lowest BCUT2D eigenvalue weighted by molar-refractivity contribution is -0.136. The molecule has 1 saturated heterocycles. The van der Waals surface area contributed by atoms with Crippen LogP contribution in [0.15, 0.2) is 93.8 Å². The van der Waals surface area contributed by atoms with E-state index >= 15 is 0 Å². The number of amides is 3. The van der Waals surface area contributed by atoms with E-state index in [0.29, 0.717) is 5.69 Å². The van der Waals surface area contributed by atoms with Crippen molar-refractivity contribution in [1.29, 1.82) is 0 Å². The first kappa shape index (κ1) is 27.9. The van der Waals surface area contributed by atoms with E-state index in [1.165, 1.54) is 10.6 Å². The van der Waals surface area contributed by atoms with E-state index in [2.05, 4.69) is 71.9 Å². The van der Waals surface area contributed by atoms with Gasteiger partial charge < -0.3 is 0 Å². The zero-order valence-electron chi connectivity index (χ0n) is 25.1. The average molecular weight is 587 g/mol. The van der Waals surface area contributed by atoms with Crippen LogP contribution in [0.4, 0.5) is 5.69 Å². The molecule has 9 heteroatoms. The molecule has 1 aliphatic carbocycles. The monoisotopic (exact) mass is 586 g/mol. The first-order valence-corrected chi connectivity index (χ1v) is 15.1. The summed E-state index contributed by atoms with van der Waals surface area (Å²) in [7, 11) is 0. The Morgan fingerprint density at radius 2 is 1.48 bits per heavy atom.